The summed E-state index contributed by atoms with van der Waals surface area (Å²) >= 11 is 0. The van der Waals surface area contributed by atoms with Gasteiger partial charge in [-0.25, -0.2) is 13.2 Å². The maximum atomic E-state index is 13.8. The van der Waals surface area contributed by atoms with E-state index in [-0.39, 0.29) is 23.6 Å². The SMILES string of the molecule is CC1(C(=O)NCc2ccc(F)cc2F)CCN(C(=O)c2ccccc2F)CC1. The van der Waals surface area contributed by atoms with Gasteiger partial charge < -0.3 is 10.2 Å². The third kappa shape index (κ3) is 4.18. The van der Waals surface area contributed by atoms with Crippen LogP contribution in [0.25, 0.3) is 0 Å². The van der Waals surface area contributed by atoms with Gasteiger partial charge >= 0.3 is 0 Å². The summed E-state index contributed by atoms with van der Waals surface area (Å²) in [6.45, 7) is 2.39. The van der Waals surface area contributed by atoms with Crippen molar-refractivity contribution in [1.29, 1.82) is 0 Å². The zero-order chi connectivity index (χ0) is 20.3. The lowest BCUT2D eigenvalue weighted by atomic mass is 9.79. The van der Waals surface area contributed by atoms with E-state index in [0.717, 1.165) is 12.1 Å². The fraction of sp³-hybridized carbons (Fsp3) is 0.333. The molecule has 1 aliphatic rings. The molecule has 1 heterocycles. The summed E-state index contributed by atoms with van der Waals surface area (Å²) in [5.41, 5.74) is -0.504. The maximum absolute atomic E-state index is 13.8. The molecule has 1 saturated heterocycles. The molecule has 148 valence electrons. The van der Waals surface area contributed by atoms with E-state index in [9.17, 15) is 22.8 Å². The smallest absolute Gasteiger partial charge is 0.256 e. The van der Waals surface area contributed by atoms with Crippen LogP contribution in [0.1, 0.15) is 35.7 Å². The molecule has 3 rings (SSSR count). The summed E-state index contributed by atoms with van der Waals surface area (Å²) < 4.78 is 40.5. The fourth-order valence-electron chi connectivity index (χ4n) is 3.29. The van der Waals surface area contributed by atoms with E-state index < -0.39 is 28.8 Å². The van der Waals surface area contributed by atoms with Gasteiger partial charge in [0.05, 0.1) is 5.56 Å². The number of halogens is 3. The first-order valence-corrected chi connectivity index (χ1v) is 9.06. The number of benzene rings is 2. The van der Waals surface area contributed by atoms with Crippen LogP contribution in [0, 0.1) is 22.9 Å². The predicted octanol–water partition coefficient (Wildman–Crippen LogP) is 3.66. The number of carbonyl (C=O) groups excluding carboxylic acids is 2. The Morgan fingerprint density at radius 3 is 2.36 bits per heavy atom. The summed E-state index contributed by atoms with van der Waals surface area (Å²) in [7, 11) is 0. The lowest BCUT2D eigenvalue weighted by Gasteiger charge is -2.38. The Morgan fingerprint density at radius 2 is 1.71 bits per heavy atom. The van der Waals surface area contributed by atoms with E-state index in [4.69, 9.17) is 0 Å². The molecular weight excluding hydrogens is 369 g/mol. The highest BCUT2D eigenvalue weighted by molar-refractivity contribution is 5.94. The molecule has 2 aromatic carbocycles. The quantitative estimate of drug-likeness (QED) is 0.866. The van der Waals surface area contributed by atoms with Crippen LogP contribution in [0.2, 0.25) is 0 Å². The summed E-state index contributed by atoms with van der Waals surface area (Å²) in [5, 5.41) is 2.69. The summed E-state index contributed by atoms with van der Waals surface area (Å²) in [5.74, 6) is -2.61. The first kappa shape index (κ1) is 19.9. The van der Waals surface area contributed by atoms with Gasteiger partial charge in [0.2, 0.25) is 5.91 Å². The van der Waals surface area contributed by atoms with Crippen LogP contribution in [-0.4, -0.2) is 29.8 Å². The number of piperidine rings is 1. The van der Waals surface area contributed by atoms with Crippen molar-refractivity contribution in [2.24, 2.45) is 5.41 Å². The minimum Gasteiger partial charge on any atom is -0.351 e. The third-order valence-electron chi connectivity index (χ3n) is 5.26. The normalized spacial score (nSPS) is 15.9. The van der Waals surface area contributed by atoms with Gasteiger partial charge in [-0.05, 0) is 31.0 Å². The number of carbonyl (C=O) groups is 2. The van der Waals surface area contributed by atoms with E-state index in [1.54, 1.807) is 13.0 Å². The van der Waals surface area contributed by atoms with Gasteiger partial charge in [-0.3, -0.25) is 9.59 Å². The van der Waals surface area contributed by atoms with Gasteiger partial charge in [-0.15, -0.1) is 0 Å². The molecule has 0 aliphatic carbocycles. The van der Waals surface area contributed by atoms with Crippen molar-refractivity contribution in [1.82, 2.24) is 10.2 Å². The zero-order valence-corrected chi connectivity index (χ0v) is 15.5. The van der Waals surface area contributed by atoms with E-state index in [2.05, 4.69) is 5.32 Å². The van der Waals surface area contributed by atoms with Crippen LogP contribution in [0.3, 0.4) is 0 Å². The zero-order valence-electron chi connectivity index (χ0n) is 15.5. The second-order valence-electron chi connectivity index (χ2n) is 7.25. The van der Waals surface area contributed by atoms with Gasteiger partial charge in [0, 0.05) is 36.7 Å². The van der Waals surface area contributed by atoms with Gasteiger partial charge in [0.15, 0.2) is 0 Å². The van der Waals surface area contributed by atoms with Gasteiger partial charge in [0.1, 0.15) is 17.5 Å². The summed E-state index contributed by atoms with van der Waals surface area (Å²) in [4.78, 5) is 26.6. The lowest BCUT2D eigenvalue weighted by Crippen LogP contribution is -2.48. The lowest BCUT2D eigenvalue weighted by molar-refractivity contribution is -0.132. The Labute approximate surface area is 161 Å². The van der Waals surface area contributed by atoms with E-state index in [1.807, 2.05) is 0 Å². The second kappa shape index (κ2) is 8.04. The average molecular weight is 390 g/mol. The molecule has 0 spiro atoms. The molecule has 4 nitrogen and oxygen atoms in total. The number of hydrogen-bond donors (Lipinski definition) is 1. The van der Waals surface area contributed by atoms with E-state index in [0.29, 0.717) is 25.9 Å². The summed E-state index contributed by atoms with van der Waals surface area (Å²) in [6, 6.07) is 9.01. The standard InChI is InChI=1S/C21H21F3N2O2/c1-21(20(28)25-13-14-6-7-15(22)12-18(14)24)8-10-26(11-9-21)19(27)16-4-2-3-5-17(16)23/h2-7,12H,8-11,13H2,1H3,(H,25,28). The highest BCUT2D eigenvalue weighted by Crippen LogP contribution is 2.32. The number of nitrogens with one attached hydrogen (secondary N) is 1. The maximum Gasteiger partial charge on any atom is 0.256 e. The van der Waals surface area contributed by atoms with E-state index >= 15 is 0 Å². The predicted molar refractivity (Wildman–Crippen MR) is 97.8 cm³/mol. The first-order valence-electron chi connectivity index (χ1n) is 9.06. The molecule has 28 heavy (non-hydrogen) atoms. The molecule has 0 atom stereocenters. The molecule has 2 amide bonds. The van der Waals surface area contributed by atoms with Crippen molar-refractivity contribution >= 4 is 11.8 Å². The largest absolute Gasteiger partial charge is 0.351 e. The molecule has 2 aromatic rings. The fourth-order valence-corrected chi connectivity index (χ4v) is 3.29. The van der Waals surface area contributed by atoms with Crippen molar-refractivity contribution in [2.45, 2.75) is 26.3 Å². The third-order valence-corrected chi connectivity index (χ3v) is 5.26. The number of rotatable bonds is 4. The van der Waals surface area contributed by atoms with Crippen LogP contribution >= 0.6 is 0 Å². The molecule has 1 fully saturated rings. The van der Waals surface area contributed by atoms with Gasteiger partial charge in [-0.1, -0.05) is 25.1 Å². The molecule has 7 heteroatoms. The monoisotopic (exact) mass is 390 g/mol. The number of hydrogen-bond acceptors (Lipinski definition) is 2. The molecule has 1 N–H and O–H groups in total. The molecular formula is C21H21F3N2O2. The van der Waals surface area contributed by atoms with Crippen molar-refractivity contribution in [3.63, 3.8) is 0 Å². The summed E-state index contributed by atoms with van der Waals surface area (Å²) in [6.07, 6.45) is 0.815. The van der Waals surface area contributed by atoms with Crippen LogP contribution in [0.5, 0.6) is 0 Å². The Balaban J connectivity index is 1.58. The van der Waals surface area contributed by atoms with Crippen molar-refractivity contribution in [3.8, 4) is 0 Å². The van der Waals surface area contributed by atoms with E-state index in [1.165, 1.54) is 29.2 Å². The van der Waals surface area contributed by atoms with Crippen LogP contribution in [0.4, 0.5) is 13.2 Å². The Bertz CT molecular complexity index is 893. The number of likely N-dealkylation sites (tertiary alicyclic amines) is 1. The Kier molecular flexibility index (Phi) is 5.72. The van der Waals surface area contributed by atoms with Gasteiger partial charge in [0.25, 0.3) is 5.91 Å². The first-order chi connectivity index (χ1) is 13.3. The van der Waals surface area contributed by atoms with Crippen molar-refractivity contribution < 1.29 is 22.8 Å². The van der Waals surface area contributed by atoms with Crippen LogP contribution < -0.4 is 5.32 Å². The molecule has 0 saturated carbocycles. The Hall–Kier alpha value is -2.83. The Morgan fingerprint density at radius 1 is 1.04 bits per heavy atom. The van der Waals surface area contributed by atoms with Crippen molar-refractivity contribution in [2.75, 3.05) is 13.1 Å². The molecule has 0 aromatic heterocycles. The minimum atomic E-state index is -0.720. The number of nitrogens with zero attached hydrogens (tertiary/aromatic N) is 1. The molecule has 0 bridgehead atoms. The highest BCUT2D eigenvalue weighted by Gasteiger charge is 2.38. The van der Waals surface area contributed by atoms with Crippen molar-refractivity contribution in [3.05, 3.63) is 71.0 Å². The number of amides is 2. The van der Waals surface area contributed by atoms with Gasteiger partial charge in [-0.2, -0.15) is 0 Å². The van der Waals surface area contributed by atoms with Crippen LogP contribution in [-0.2, 0) is 11.3 Å². The highest BCUT2D eigenvalue weighted by atomic mass is 19.1. The molecule has 0 unspecified atom stereocenters. The molecule has 0 radical (unpaired) electrons. The van der Waals surface area contributed by atoms with Crippen LogP contribution in [0.15, 0.2) is 42.5 Å². The minimum absolute atomic E-state index is 0.0161. The second-order valence-corrected chi connectivity index (χ2v) is 7.25. The average Bonchev–Trinajstić information content (AvgIpc) is 2.67. The molecule has 1 aliphatic heterocycles. The topological polar surface area (TPSA) is 49.4 Å².